The van der Waals surface area contributed by atoms with Crippen molar-refractivity contribution in [3.8, 4) is 11.5 Å². The van der Waals surface area contributed by atoms with E-state index < -0.39 is 11.5 Å². The maximum Gasteiger partial charge on any atom is 0.329 e. The van der Waals surface area contributed by atoms with Gasteiger partial charge in [-0.15, -0.1) is 0 Å². The highest BCUT2D eigenvalue weighted by Crippen LogP contribution is 2.34. The molecule has 1 aromatic rings. The molecule has 6 nitrogen and oxygen atoms in total. The Hall–Kier alpha value is -2.24. The Balaban J connectivity index is 1.75. The first-order valence-electron chi connectivity index (χ1n) is 8.41. The number of amides is 1. The highest BCUT2D eigenvalue weighted by molar-refractivity contribution is 5.88. The van der Waals surface area contributed by atoms with Crippen LogP contribution in [0.15, 0.2) is 18.2 Å². The second-order valence-electron chi connectivity index (χ2n) is 6.50. The summed E-state index contributed by atoms with van der Waals surface area (Å²) in [6.45, 7) is 1.02. The zero-order valence-corrected chi connectivity index (χ0v) is 13.9. The molecule has 0 saturated heterocycles. The molecular formula is C18H23NO5. The van der Waals surface area contributed by atoms with Gasteiger partial charge in [-0.1, -0.05) is 25.3 Å². The van der Waals surface area contributed by atoms with E-state index in [1.54, 1.807) is 19.2 Å². The minimum Gasteiger partial charge on any atom is -0.486 e. The van der Waals surface area contributed by atoms with Crippen molar-refractivity contribution in [1.82, 2.24) is 4.90 Å². The van der Waals surface area contributed by atoms with Crippen LogP contribution in [0.2, 0.25) is 0 Å². The number of hydrogen-bond acceptors (Lipinski definition) is 4. The fraction of sp³-hybridized carbons (Fsp3) is 0.556. The van der Waals surface area contributed by atoms with Gasteiger partial charge in [0.1, 0.15) is 18.8 Å². The van der Waals surface area contributed by atoms with Gasteiger partial charge in [-0.3, -0.25) is 4.79 Å². The number of rotatable bonds is 4. The van der Waals surface area contributed by atoms with Gasteiger partial charge >= 0.3 is 5.97 Å². The van der Waals surface area contributed by atoms with Gasteiger partial charge in [0.25, 0.3) is 0 Å². The summed E-state index contributed by atoms with van der Waals surface area (Å²) in [5.74, 6) is 0.233. The Morgan fingerprint density at radius 2 is 1.79 bits per heavy atom. The van der Waals surface area contributed by atoms with Crippen LogP contribution >= 0.6 is 0 Å². The van der Waals surface area contributed by atoms with Crippen molar-refractivity contribution in [2.24, 2.45) is 0 Å². The lowest BCUT2D eigenvalue weighted by Gasteiger charge is -2.41. The molecule has 0 unspecified atom stereocenters. The summed E-state index contributed by atoms with van der Waals surface area (Å²) in [7, 11) is 1.61. The van der Waals surface area contributed by atoms with E-state index in [1.807, 2.05) is 6.07 Å². The normalized spacial score (nSPS) is 18.7. The summed E-state index contributed by atoms with van der Waals surface area (Å²) in [4.78, 5) is 26.0. The summed E-state index contributed by atoms with van der Waals surface area (Å²) in [5, 5.41) is 9.70. The van der Waals surface area contributed by atoms with E-state index in [2.05, 4.69) is 0 Å². The second-order valence-corrected chi connectivity index (χ2v) is 6.50. The molecule has 6 heteroatoms. The van der Waals surface area contributed by atoms with Crippen LogP contribution in [-0.2, 0) is 16.0 Å². The molecule has 24 heavy (non-hydrogen) atoms. The van der Waals surface area contributed by atoms with Gasteiger partial charge in [0, 0.05) is 7.05 Å². The van der Waals surface area contributed by atoms with Gasteiger partial charge < -0.3 is 19.5 Å². The Morgan fingerprint density at radius 3 is 2.46 bits per heavy atom. The third kappa shape index (κ3) is 3.05. The standard InChI is InChI=1S/C18H23NO5/c1-19(18(17(21)22)7-3-2-4-8-18)16(20)12-13-5-6-14-15(11-13)24-10-9-23-14/h5-6,11H,2-4,7-10,12H2,1H3,(H,21,22). The summed E-state index contributed by atoms with van der Waals surface area (Å²) < 4.78 is 11.0. The number of carboxylic acid groups (broad SMARTS) is 1. The van der Waals surface area contributed by atoms with E-state index in [1.165, 1.54) is 4.90 Å². The third-order valence-corrected chi connectivity index (χ3v) is 5.06. The van der Waals surface area contributed by atoms with Crippen LogP contribution in [0.5, 0.6) is 11.5 Å². The smallest absolute Gasteiger partial charge is 0.329 e. The highest BCUT2D eigenvalue weighted by Gasteiger charge is 2.45. The molecule has 1 N–H and O–H groups in total. The van der Waals surface area contributed by atoms with Crippen molar-refractivity contribution < 1.29 is 24.2 Å². The molecule has 0 bridgehead atoms. The van der Waals surface area contributed by atoms with E-state index in [0.717, 1.165) is 24.8 Å². The van der Waals surface area contributed by atoms with Crippen LogP contribution in [-0.4, -0.2) is 47.7 Å². The fourth-order valence-electron chi connectivity index (χ4n) is 3.56. The molecule has 1 amide bonds. The topological polar surface area (TPSA) is 76.1 Å². The number of carbonyl (C=O) groups excluding carboxylic acids is 1. The maximum atomic E-state index is 12.7. The second kappa shape index (κ2) is 6.71. The highest BCUT2D eigenvalue weighted by atomic mass is 16.6. The minimum atomic E-state index is -1.07. The fourth-order valence-corrected chi connectivity index (χ4v) is 3.56. The zero-order chi connectivity index (χ0) is 17.2. The van der Waals surface area contributed by atoms with Crippen molar-refractivity contribution in [3.05, 3.63) is 23.8 Å². The lowest BCUT2D eigenvalue weighted by molar-refractivity contribution is -0.160. The van der Waals surface area contributed by atoms with Gasteiger partial charge in [-0.2, -0.15) is 0 Å². The SMILES string of the molecule is CN(C(=O)Cc1ccc2c(c1)OCCO2)C1(C(=O)O)CCCCC1. The molecule has 3 rings (SSSR count). The van der Waals surface area contributed by atoms with Crippen LogP contribution in [0.4, 0.5) is 0 Å². The first-order valence-corrected chi connectivity index (χ1v) is 8.41. The number of hydrogen-bond donors (Lipinski definition) is 1. The molecule has 1 heterocycles. The third-order valence-electron chi connectivity index (χ3n) is 5.06. The van der Waals surface area contributed by atoms with Gasteiger partial charge in [0.15, 0.2) is 11.5 Å². The van der Waals surface area contributed by atoms with Crippen molar-refractivity contribution in [2.75, 3.05) is 20.3 Å². The quantitative estimate of drug-likeness (QED) is 0.914. The average Bonchev–Trinajstić information content (AvgIpc) is 2.61. The van der Waals surface area contributed by atoms with Crippen molar-refractivity contribution in [1.29, 1.82) is 0 Å². The van der Waals surface area contributed by atoms with Gasteiger partial charge in [0.05, 0.1) is 6.42 Å². The summed E-state index contributed by atoms with van der Waals surface area (Å²) in [6, 6.07) is 5.42. The Bertz CT molecular complexity index is 636. The van der Waals surface area contributed by atoms with Gasteiger partial charge in [0.2, 0.25) is 5.91 Å². The van der Waals surface area contributed by atoms with Gasteiger partial charge in [-0.25, -0.2) is 4.79 Å². The van der Waals surface area contributed by atoms with Crippen LogP contribution in [0.3, 0.4) is 0 Å². The molecule has 1 aromatic carbocycles. The van der Waals surface area contributed by atoms with E-state index in [-0.39, 0.29) is 12.3 Å². The molecule has 0 radical (unpaired) electrons. The average molecular weight is 333 g/mol. The van der Waals surface area contributed by atoms with Crippen molar-refractivity contribution in [2.45, 2.75) is 44.1 Å². The first kappa shape index (κ1) is 16.6. The van der Waals surface area contributed by atoms with Crippen molar-refractivity contribution >= 4 is 11.9 Å². The number of likely N-dealkylation sites (N-methyl/N-ethyl adjacent to an activating group) is 1. The lowest BCUT2D eigenvalue weighted by Crippen LogP contribution is -2.56. The summed E-state index contributed by atoms with van der Waals surface area (Å²) >= 11 is 0. The molecule has 130 valence electrons. The first-order chi connectivity index (χ1) is 11.5. The van der Waals surface area contributed by atoms with Crippen LogP contribution in [0, 0.1) is 0 Å². The molecule has 0 aromatic heterocycles. The zero-order valence-electron chi connectivity index (χ0n) is 13.9. The Morgan fingerprint density at radius 1 is 1.12 bits per heavy atom. The van der Waals surface area contributed by atoms with Gasteiger partial charge in [-0.05, 0) is 30.5 Å². The predicted octanol–water partition coefficient (Wildman–Crippen LogP) is 2.25. The van der Waals surface area contributed by atoms with Crippen LogP contribution in [0.25, 0.3) is 0 Å². The summed E-state index contributed by atoms with van der Waals surface area (Å²) in [5.41, 5.74) is -0.268. The number of fused-ring (bicyclic) bond motifs is 1. The predicted molar refractivity (Wildman–Crippen MR) is 87.4 cm³/mol. The number of nitrogens with zero attached hydrogens (tertiary/aromatic N) is 1. The number of ether oxygens (including phenoxy) is 2. The minimum absolute atomic E-state index is 0.155. The van der Waals surface area contributed by atoms with Crippen LogP contribution in [0.1, 0.15) is 37.7 Å². The monoisotopic (exact) mass is 333 g/mol. The largest absolute Gasteiger partial charge is 0.486 e. The van der Waals surface area contributed by atoms with E-state index in [0.29, 0.717) is 37.6 Å². The molecule has 1 saturated carbocycles. The maximum absolute atomic E-state index is 12.7. The van der Waals surface area contributed by atoms with E-state index in [9.17, 15) is 14.7 Å². The molecule has 1 aliphatic heterocycles. The number of carbonyl (C=O) groups is 2. The number of carboxylic acids is 1. The molecule has 0 atom stereocenters. The van der Waals surface area contributed by atoms with E-state index >= 15 is 0 Å². The summed E-state index contributed by atoms with van der Waals surface area (Å²) in [6.07, 6.45) is 3.90. The lowest BCUT2D eigenvalue weighted by atomic mass is 9.80. The van der Waals surface area contributed by atoms with Crippen LogP contribution < -0.4 is 9.47 Å². The number of aliphatic carboxylic acids is 1. The Kier molecular flexibility index (Phi) is 4.64. The molecular weight excluding hydrogens is 310 g/mol. The molecule has 1 aliphatic carbocycles. The molecule has 0 spiro atoms. The molecule has 2 aliphatic rings. The van der Waals surface area contributed by atoms with E-state index in [4.69, 9.17) is 9.47 Å². The Labute approximate surface area is 141 Å². The van der Waals surface area contributed by atoms with Crippen molar-refractivity contribution in [3.63, 3.8) is 0 Å². The number of benzene rings is 1. The molecule has 1 fully saturated rings.